The summed E-state index contributed by atoms with van der Waals surface area (Å²) in [4.78, 5) is 4.86. The number of nitrogens with zero attached hydrogens (tertiary/aromatic N) is 4. The van der Waals surface area contributed by atoms with Crippen LogP contribution in [0.15, 0.2) is 109 Å². The van der Waals surface area contributed by atoms with Crippen molar-refractivity contribution in [2.24, 2.45) is 0 Å². The van der Waals surface area contributed by atoms with Gasteiger partial charge in [0.05, 0.1) is 28.1 Å². The molecule has 0 aliphatic heterocycles. The normalized spacial score (nSPS) is 12.2. The number of hydrogen-bond donors (Lipinski definition) is 0. The van der Waals surface area contributed by atoms with E-state index in [9.17, 15) is 0 Å². The largest absolute Gasteiger partial charge is 0.457 e. The Kier molecular flexibility index (Phi) is 8.63. The molecule has 3 aromatic heterocycles. The van der Waals surface area contributed by atoms with Crippen LogP contribution < -0.4 is 4.74 Å². The lowest BCUT2D eigenvalue weighted by atomic mass is 9.88. The molecule has 0 radical (unpaired) electrons. The lowest BCUT2D eigenvalue weighted by Crippen LogP contribution is -2.12. The standard InChI is InChI=1S/C45H48N4O/c1-28(2)32-23-34(49-44(30(5)6)42(43(47-49)29(3)4)31-15-11-10-12-16-31)26-36(24-32)50-35-19-20-38-37-17-13-14-18-39(37)48(40(38)27-35)41-25-33(21-22-46-41)45(7,8)9/h10-30H,1-9H3. The Morgan fingerprint density at radius 3 is 2.06 bits per heavy atom. The zero-order chi connectivity index (χ0) is 35.3. The van der Waals surface area contributed by atoms with E-state index in [2.05, 4.69) is 175 Å². The molecule has 0 bridgehead atoms. The fourth-order valence-electron chi connectivity index (χ4n) is 7.01. The Balaban J connectivity index is 1.37. The van der Waals surface area contributed by atoms with Gasteiger partial charge in [-0.15, -0.1) is 0 Å². The van der Waals surface area contributed by atoms with Crippen LogP contribution in [0, 0.1) is 0 Å². The molecule has 5 nitrogen and oxygen atoms in total. The number of aromatic nitrogens is 4. The number of hydrogen-bond acceptors (Lipinski definition) is 3. The Hall–Kier alpha value is -5.16. The SMILES string of the molecule is CC(C)c1cc(Oc2ccc3c4ccccc4n(-c4cc(C(C)(C)C)ccn4)c3c2)cc(-n2nc(C(C)C)c(-c3ccccc3)c2C(C)C)c1. The predicted octanol–water partition coefficient (Wildman–Crippen LogP) is 12.5. The van der Waals surface area contributed by atoms with Gasteiger partial charge in [-0.2, -0.15) is 5.10 Å². The van der Waals surface area contributed by atoms with Gasteiger partial charge in [-0.1, -0.05) is 111 Å². The lowest BCUT2D eigenvalue weighted by molar-refractivity contribution is 0.481. The van der Waals surface area contributed by atoms with Gasteiger partial charge >= 0.3 is 0 Å². The first-order chi connectivity index (χ1) is 23.9. The zero-order valence-electron chi connectivity index (χ0n) is 30.8. The number of para-hydroxylation sites is 1. The number of rotatable bonds is 8. The molecule has 254 valence electrons. The molecule has 0 fully saturated rings. The van der Waals surface area contributed by atoms with E-state index in [1.54, 1.807) is 0 Å². The van der Waals surface area contributed by atoms with Crippen LogP contribution in [0.4, 0.5) is 0 Å². The maximum absolute atomic E-state index is 6.80. The van der Waals surface area contributed by atoms with Gasteiger partial charge in [0, 0.05) is 34.7 Å². The summed E-state index contributed by atoms with van der Waals surface area (Å²) in [6.07, 6.45) is 1.92. The fraction of sp³-hybridized carbons (Fsp3) is 0.289. The molecular formula is C45H48N4O. The van der Waals surface area contributed by atoms with Gasteiger partial charge in [0.2, 0.25) is 0 Å². The highest BCUT2D eigenvalue weighted by atomic mass is 16.5. The molecule has 0 aliphatic rings. The quantitative estimate of drug-likeness (QED) is 0.163. The minimum atomic E-state index is 0.00562. The van der Waals surface area contributed by atoms with Gasteiger partial charge < -0.3 is 4.74 Å². The van der Waals surface area contributed by atoms with Crippen molar-refractivity contribution in [3.63, 3.8) is 0 Å². The van der Waals surface area contributed by atoms with Crippen LogP contribution in [0.5, 0.6) is 11.5 Å². The van der Waals surface area contributed by atoms with Gasteiger partial charge in [0.15, 0.2) is 0 Å². The first-order valence-corrected chi connectivity index (χ1v) is 17.9. The van der Waals surface area contributed by atoms with Gasteiger partial charge in [0.1, 0.15) is 17.3 Å². The molecule has 0 atom stereocenters. The average molecular weight is 661 g/mol. The van der Waals surface area contributed by atoms with E-state index in [0.717, 1.165) is 39.7 Å². The van der Waals surface area contributed by atoms with E-state index < -0.39 is 0 Å². The third kappa shape index (κ3) is 6.10. The van der Waals surface area contributed by atoms with Crippen LogP contribution in [0.1, 0.15) is 103 Å². The van der Waals surface area contributed by atoms with Crippen molar-refractivity contribution in [3.05, 3.63) is 132 Å². The van der Waals surface area contributed by atoms with Gasteiger partial charge in [-0.3, -0.25) is 4.57 Å². The molecule has 5 heteroatoms. The van der Waals surface area contributed by atoms with E-state index in [4.69, 9.17) is 14.8 Å². The van der Waals surface area contributed by atoms with E-state index in [1.165, 1.54) is 38.7 Å². The first-order valence-electron chi connectivity index (χ1n) is 17.9. The highest BCUT2D eigenvalue weighted by molar-refractivity contribution is 6.09. The van der Waals surface area contributed by atoms with Crippen LogP contribution in [-0.2, 0) is 5.41 Å². The summed E-state index contributed by atoms with van der Waals surface area (Å²) in [6, 6.07) is 36.6. The maximum Gasteiger partial charge on any atom is 0.137 e. The zero-order valence-corrected chi connectivity index (χ0v) is 30.8. The first kappa shape index (κ1) is 33.3. The van der Waals surface area contributed by atoms with Crippen LogP contribution >= 0.6 is 0 Å². The topological polar surface area (TPSA) is 44.9 Å². The molecule has 0 N–H and O–H groups in total. The predicted molar refractivity (Wildman–Crippen MR) is 209 cm³/mol. The second-order valence-electron chi connectivity index (χ2n) is 15.4. The van der Waals surface area contributed by atoms with Crippen molar-refractivity contribution >= 4 is 21.8 Å². The van der Waals surface area contributed by atoms with Gasteiger partial charge in [0.25, 0.3) is 0 Å². The van der Waals surface area contributed by atoms with Crippen LogP contribution in [0.3, 0.4) is 0 Å². The van der Waals surface area contributed by atoms with Crippen LogP contribution in [0.2, 0.25) is 0 Å². The Morgan fingerprint density at radius 1 is 0.640 bits per heavy atom. The van der Waals surface area contributed by atoms with Crippen molar-refractivity contribution in [2.75, 3.05) is 0 Å². The smallest absolute Gasteiger partial charge is 0.137 e. The Bertz CT molecular complexity index is 2320. The summed E-state index contributed by atoms with van der Waals surface area (Å²) in [5.74, 6) is 3.30. The summed E-state index contributed by atoms with van der Waals surface area (Å²) in [6.45, 7) is 20.2. The second kappa shape index (κ2) is 12.9. The summed E-state index contributed by atoms with van der Waals surface area (Å²) in [5.41, 5.74) is 10.4. The van der Waals surface area contributed by atoms with Crippen LogP contribution in [-0.4, -0.2) is 19.3 Å². The van der Waals surface area contributed by atoms with Crippen molar-refractivity contribution in [2.45, 2.75) is 85.5 Å². The van der Waals surface area contributed by atoms with E-state index in [-0.39, 0.29) is 17.3 Å². The van der Waals surface area contributed by atoms with Crippen molar-refractivity contribution in [3.8, 4) is 34.1 Å². The summed E-state index contributed by atoms with van der Waals surface area (Å²) < 4.78 is 11.2. The number of pyridine rings is 1. The number of benzene rings is 4. The van der Waals surface area contributed by atoms with Crippen molar-refractivity contribution < 1.29 is 4.74 Å². The molecule has 0 aliphatic carbocycles. The summed E-state index contributed by atoms with van der Waals surface area (Å²) >= 11 is 0. The molecule has 3 heterocycles. The fourth-order valence-corrected chi connectivity index (χ4v) is 7.01. The van der Waals surface area contributed by atoms with Gasteiger partial charge in [-0.05, 0) is 82.3 Å². The molecular weight excluding hydrogens is 613 g/mol. The Morgan fingerprint density at radius 2 is 1.36 bits per heavy atom. The second-order valence-corrected chi connectivity index (χ2v) is 15.4. The highest BCUT2D eigenvalue weighted by Crippen LogP contribution is 2.40. The number of fused-ring (bicyclic) bond motifs is 3. The molecule has 0 saturated carbocycles. The molecule has 4 aromatic carbocycles. The third-order valence-corrected chi connectivity index (χ3v) is 9.65. The van der Waals surface area contributed by atoms with Crippen molar-refractivity contribution in [1.82, 2.24) is 19.3 Å². The summed E-state index contributed by atoms with van der Waals surface area (Å²) in [5, 5.41) is 7.67. The molecule has 0 amide bonds. The molecule has 0 saturated heterocycles. The summed E-state index contributed by atoms with van der Waals surface area (Å²) in [7, 11) is 0. The number of ether oxygens (including phenoxy) is 1. The Labute approximate surface area is 296 Å². The van der Waals surface area contributed by atoms with E-state index in [1.807, 2.05) is 6.20 Å². The molecule has 7 aromatic rings. The van der Waals surface area contributed by atoms with E-state index in [0.29, 0.717) is 5.92 Å². The average Bonchev–Trinajstić information content (AvgIpc) is 3.65. The monoisotopic (exact) mass is 660 g/mol. The van der Waals surface area contributed by atoms with Crippen molar-refractivity contribution in [1.29, 1.82) is 0 Å². The molecule has 50 heavy (non-hydrogen) atoms. The van der Waals surface area contributed by atoms with E-state index >= 15 is 0 Å². The molecule has 0 spiro atoms. The van der Waals surface area contributed by atoms with Crippen LogP contribution in [0.25, 0.3) is 44.4 Å². The van der Waals surface area contributed by atoms with Gasteiger partial charge in [-0.25, -0.2) is 9.67 Å². The molecule has 7 rings (SSSR count). The minimum absolute atomic E-state index is 0.00562. The minimum Gasteiger partial charge on any atom is -0.457 e. The lowest BCUT2D eigenvalue weighted by Gasteiger charge is -2.20. The highest BCUT2D eigenvalue weighted by Gasteiger charge is 2.25. The maximum atomic E-state index is 6.80. The molecule has 0 unspecified atom stereocenters. The third-order valence-electron chi connectivity index (χ3n) is 9.65.